The third kappa shape index (κ3) is 9.06. The Balaban J connectivity index is 3.45. The fourth-order valence-corrected chi connectivity index (χ4v) is 0.978. The van der Waals surface area contributed by atoms with E-state index in [9.17, 15) is 5.11 Å². The highest BCUT2D eigenvalue weighted by molar-refractivity contribution is 4.56. The molecule has 0 aliphatic rings. The van der Waals surface area contributed by atoms with Crippen LogP contribution in [0.4, 0.5) is 0 Å². The summed E-state index contributed by atoms with van der Waals surface area (Å²) in [6.07, 6.45) is -0.887. The zero-order valence-corrected chi connectivity index (χ0v) is 10.4. The van der Waals surface area contributed by atoms with Gasteiger partial charge in [-0.3, -0.25) is 0 Å². The summed E-state index contributed by atoms with van der Waals surface area (Å²) in [4.78, 5) is 0. The van der Waals surface area contributed by atoms with Crippen molar-refractivity contribution in [1.29, 1.82) is 0 Å². The van der Waals surface area contributed by atoms with Gasteiger partial charge in [-0.1, -0.05) is 0 Å². The molecule has 0 radical (unpaired) electrons. The summed E-state index contributed by atoms with van der Waals surface area (Å²) >= 11 is 0. The summed E-state index contributed by atoms with van der Waals surface area (Å²) in [5, 5.41) is 18.2. The van der Waals surface area contributed by atoms with E-state index in [1.165, 1.54) is 0 Å². The van der Waals surface area contributed by atoms with Crippen LogP contribution in [0.1, 0.15) is 20.8 Å². The van der Waals surface area contributed by atoms with E-state index in [2.05, 4.69) is 0 Å². The monoisotopic (exact) mass is 236 g/mol. The maximum absolute atomic E-state index is 9.42. The van der Waals surface area contributed by atoms with Gasteiger partial charge < -0.3 is 24.4 Å². The largest absolute Gasteiger partial charge is 0.394 e. The number of ether oxygens (including phenoxy) is 3. The highest BCUT2D eigenvalue weighted by Gasteiger charge is 2.09. The van der Waals surface area contributed by atoms with Gasteiger partial charge in [-0.2, -0.15) is 0 Å². The Labute approximate surface area is 97.3 Å². The van der Waals surface area contributed by atoms with Crippen molar-refractivity contribution in [1.82, 2.24) is 0 Å². The molecule has 0 spiro atoms. The van der Waals surface area contributed by atoms with Gasteiger partial charge in [0.2, 0.25) is 0 Å². The number of aliphatic hydroxyl groups excluding tert-OH is 2. The van der Waals surface area contributed by atoms with Crippen molar-refractivity contribution < 1.29 is 24.4 Å². The first kappa shape index (κ1) is 15.8. The zero-order chi connectivity index (χ0) is 12.4. The molecule has 0 aromatic rings. The highest BCUT2D eigenvalue weighted by Crippen LogP contribution is 1.98. The second-order valence-corrected chi connectivity index (χ2v) is 3.78. The van der Waals surface area contributed by atoms with Crippen molar-refractivity contribution in [2.45, 2.75) is 39.1 Å². The third-order valence-electron chi connectivity index (χ3n) is 1.96. The minimum Gasteiger partial charge on any atom is -0.394 e. The van der Waals surface area contributed by atoms with E-state index in [-0.39, 0.29) is 32.0 Å². The van der Waals surface area contributed by atoms with Crippen LogP contribution >= 0.6 is 0 Å². The molecule has 5 nitrogen and oxygen atoms in total. The summed E-state index contributed by atoms with van der Waals surface area (Å²) in [6, 6.07) is 0. The molecule has 0 aliphatic heterocycles. The van der Waals surface area contributed by atoms with Crippen LogP contribution in [0.25, 0.3) is 0 Å². The van der Waals surface area contributed by atoms with Gasteiger partial charge in [0.05, 0.1) is 38.6 Å². The van der Waals surface area contributed by atoms with Gasteiger partial charge >= 0.3 is 0 Å². The third-order valence-corrected chi connectivity index (χ3v) is 1.96. The Morgan fingerprint density at radius 2 is 1.62 bits per heavy atom. The normalized spacial score (nSPS) is 17.1. The first-order valence-corrected chi connectivity index (χ1v) is 5.70. The molecule has 0 saturated heterocycles. The molecule has 0 saturated carbocycles. The first-order chi connectivity index (χ1) is 7.60. The van der Waals surface area contributed by atoms with E-state index in [0.29, 0.717) is 13.2 Å². The minimum atomic E-state index is -0.599. The molecule has 0 aromatic heterocycles. The lowest BCUT2D eigenvalue weighted by Crippen LogP contribution is -2.28. The Morgan fingerprint density at radius 1 is 1.00 bits per heavy atom. The molecule has 0 fully saturated rings. The number of aliphatic hydroxyl groups is 2. The molecule has 2 N–H and O–H groups in total. The summed E-state index contributed by atoms with van der Waals surface area (Å²) in [5.74, 6) is 0. The van der Waals surface area contributed by atoms with Crippen molar-refractivity contribution in [3.05, 3.63) is 0 Å². The van der Waals surface area contributed by atoms with Crippen LogP contribution in [0.2, 0.25) is 0 Å². The summed E-state index contributed by atoms with van der Waals surface area (Å²) in [5.41, 5.74) is 0. The van der Waals surface area contributed by atoms with Gasteiger partial charge in [0.15, 0.2) is 0 Å². The van der Waals surface area contributed by atoms with Gasteiger partial charge in [0.1, 0.15) is 6.10 Å². The molecule has 98 valence electrons. The lowest BCUT2D eigenvalue weighted by molar-refractivity contribution is -0.0767. The molecule has 3 unspecified atom stereocenters. The maximum Gasteiger partial charge on any atom is 0.101 e. The standard InChI is InChI=1S/C11H24O5/c1-4-14-7-11(13)8-16-10(3)6-15-9(2)5-12/h9-13H,4-8H2,1-3H3. The van der Waals surface area contributed by atoms with Crippen molar-refractivity contribution in [2.75, 3.05) is 33.0 Å². The Morgan fingerprint density at radius 3 is 2.19 bits per heavy atom. The van der Waals surface area contributed by atoms with Gasteiger partial charge in [-0.25, -0.2) is 0 Å². The second-order valence-electron chi connectivity index (χ2n) is 3.78. The van der Waals surface area contributed by atoms with E-state index in [1.54, 1.807) is 6.92 Å². The summed E-state index contributed by atoms with van der Waals surface area (Å²) < 4.78 is 15.7. The fourth-order valence-electron chi connectivity index (χ4n) is 0.978. The van der Waals surface area contributed by atoms with Crippen molar-refractivity contribution in [3.8, 4) is 0 Å². The molecule has 5 heteroatoms. The van der Waals surface area contributed by atoms with Crippen molar-refractivity contribution >= 4 is 0 Å². The molecule has 0 bridgehead atoms. The Hall–Kier alpha value is -0.200. The molecule has 0 amide bonds. The second kappa shape index (κ2) is 9.99. The summed E-state index contributed by atoms with van der Waals surface area (Å²) in [7, 11) is 0. The molecule has 0 aliphatic carbocycles. The minimum absolute atomic E-state index is 0.000312. The van der Waals surface area contributed by atoms with Gasteiger partial charge in [-0.05, 0) is 20.8 Å². The van der Waals surface area contributed by atoms with Crippen LogP contribution in [0.5, 0.6) is 0 Å². The molecule has 3 atom stereocenters. The maximum atomic E-state index is 9.42. The average molecular weight is 236 g/mol. The fraction of sp³-hybridized carbons (Fsp3) is 1.00. The van der Waals surface area contributed by atoms with Gasteiger partial charge in [0.25, 0.3) is 0 Å². The summed E-state index contributed by atoms with van der Waals surface area (Å²) in [6.45, 7) is 7.04. The first-order valence-electron chi connectivity index (χ1n) is 5.70. The van der Waals surface area contributed by atoms with E-state index >= 15 is 0 Å². The van der Waals surface area contributed by atoms with Gasteiger partial charge in [0, 0.05) is 6.61 Å². The lowest BCUT2D eigenvalue weighted by Gasteiger charge is -2.18. The van der Waals surface area contributed by atoms with E-state index in [1.807, 2.05) is 13.8 Å². The number of hydrogen-bond donors (Lipinski definition) is 2. The highest BCUT2D eigenvalue weighted by atomic mass is 16.5. The van der Waals surface area contributed by atoms with Crippen molar-refractivity contribution in [3.63, 3.8) is 0 Å². The Bertz CT molecular complexity index is 153. The molecular formula is C11H24O5. The smallest absolute Gasteiger partial charge is 0.101 e. The average Bonchev–Trinajstić information content (AvgIpc) is 2.30. The predicted molar refractivity (Wildman–Crippen MR) is 60.4 cm³/mol. The van der Waals surface area contributed by atoms with Crippen LogP contribution in [0, 0.1) is 0 Å². The molecular weight excluding hydrogens is 212 g/mol. The van der Waals surface area contributed by atoms with Gasteiger partial charge in [-0.15, -0.1) is 0 Å². The molecule has 0 aromatic carbocycles. The van der Waals surface area contributed by atoms with Crippen LogP contribution in [-0.2, 0) is 14.2 Å². The Kier molecular flexibility index (Phi) is 9.86. The predicted octanol–water partition coefficient (Wildman–Crippen LogP) is 0.186. The topological polar surface area (TPSA) is 68.2 Å². The van der Waals surface area contributed by atoms with E-state index < -0.39 is 6.10 Å². The lowest BCUT2D eigenvalue weighted by atomic mass is 10.3. The van der Waals surface area contributed by atoms with Crippen LogP contribution < -0.4 is 0 Å². The van der Waals surface area contributed by atoms with Crippen LogP contribution in [0.3, 0.4) is 0 Å². The molecule has 16 heavy (non-hydrogen) atoms. The molecule has 0 heterocycles. The van der Waals surface area contributed by atoms with E-state index in [0.717, 1.165) is 0 Å². The molecule has 0 rings (SSSR count). The van der Waals surface area contributed by atoms with Crippen molar-refractivity contribution in [2.24, 2.45) is 0 Å². The van der Waals surface area contributed by atoms with E-state index in [4.69, 9.17) is 19.3 Å². The van der Waals surface area contributed by atoms with Crippen LogP contribution in [0.15, 0.2) is 0 Å². The van der Waals surface area contributed by atoms with Crippen LogP contribution in [-0.4, -0.2) is 61.6 Å². The SMILES string of the molecule is CCOCC(O)COC(C)COC(C)CO. The number of rotatable bonds is 10. The quantitative estimate of drug-likeness (QED) is 0.566. The zero-order valence-electron chi connectivity index (χ0n) is 10.4. The number of hydrogen-bond acceptors (Lipinski definition) is 5.